The summed E-state index contributed by atoms with van der Waals surface area (Å²) in [6, 6.07) is 26.2. The van der Waals surface area contributed by atoms with E-state index in [0.717, 1.165) is 22.9 Å². The van der Waals surface area contributed by atoms with Crippen molar-refractivity contribution in [3.8, 4) is 11.5 Å². The second-order valence-corrected chi connectivity index (χ2v) is 13.8. The average molecular weight is 741 g/mol. The van der Waals surface area contributed by atoms with Gasteiger partial charge in [-0.1, -0.05) is 48.0 Å². The molecule has 11 nitrogen and oxygen atoms in total. The Morgan fingerprint density at radius 1 is 0.660 bits per heavy atom. The van der Waals surface area contributed by atoms with E-state index < -0.39 is 10.0 Å². The summed E-state index contributed by atoms with van der Waals surface area (Å²) < 4.78 is 41.1. The highest BCUT2D eigenvalue weighted by Gasteiger charge is 2.29. The summed E-state index contributed by atoms with van der Waals surface area (Å²) in [6.07, 6.45) is 0. The lowest BCUT2D eigenvalue weighted by Crippen LogP contribution is -2.49. The van der Waals surface area contributed by atoms with Crippen LogP contribution in [-0.2, 0) is 10.0 Å². The Hall–Kier alpha value is -4.65. The lowest BCUT2D eigenvalue weighted by atomic mass is 10.1. The lowest BCUT2D eigenvalue weighted by Gasteiger charge is -2.37. The molecule has 2 heterocycles. The van der Waals surface area contributed by atoms with Gasteiger partial charge in [-0.2, -0.15) is 0 Å². The van der Waals surface area contributed by atoms with E-state index in [0.29, 0.717) is 52.4 Å². The standard InChI is InChI=1S/C36H38ClN5O6S.ClH/c1-47-32-13-7-5-11-30(32)39-17-21-41(22-18-39)35(43)26-15-16-28(37)34(25-26)49(45,46)38-29-10-4-3-9-27(29)36(44)42-23-19-40(20-24-42)31-12-6-8-14-33(31)48-2;/h3-16,25,38H,17-24H2,1-2H3;1H. The van der Waals surface area contributed by atoms with Crippen LogP contribution in [0.5, 0.6) is 11.5 Å². The second kappa shape index (κ2) is 15.9. The minimum absolute atomic E-state index is 0. The number of carbonyl (C=O) groups excluding carboxylic acids is 2. The highest BCUT2D eigenvalue weighted by Crippen LogP contribution is 2.31. The third-order valence-electron chi connectivity index (χ3n) is 8.85. The third kappa shape index (κ3) is 7.72. The molecule has 1 N–H and O–H groups in total. The molecule has 264 valence electrons. The van der Waals surface area contributed by atoms with Gasteiger partial charge in [0, 0.05) is 57.9 Å². The van der Waals surface area contributed by atoms with Crippen molar-refractivity contribution in [3.63, 3.8) is 0 Å². The molecule has 0 unspecified atom stereocenters. The topological polar surface area (TPSA) is 112 Å². The van der Waals surface area contributed by atoms with Gasteiger partial charge in [0.15, 0.2) is 0 Å². The summed E-state index contributed by atoms with van der Waals surface area (Å²) >= 11 is 6.41. The number of carbonyl (C=O) groups is 2. The molecule has 0 aromatic heterocycles. The Labute approximate surface area is 303 Å². The number of amides is 2. The van der Waals surface area contributed by atoms with E-state index in [4.69, 9.17) is 21.1 Å². The Balaban J connectivity index is 0.00000486. The Kier molecular flexibility index (Phi) is 11.7. The number of hydrogen-bond donors (Lipinski definition) is 1. The van der Waals surface area contributed by atoms with Crippen LogP contribution in [0.15, 0.2) is 95.9 Å². The van der Waals surface area contributed by atoms with Crippen LogP contribution < -0.4 is 24.0 Å². The van der Waals surface area contributed by atoms with E-state index in [1.807, 2.05) is 48.5 Å². The number of benzene rings is 4. The zero-order valence-corrected chi connectivity index (χ0v) is 30.1. The van der Waals surface area contributed by atoms with Gasteiger partial charge in [0.2, 0.25) is 0 Å². The zero-order valence-electron chi connectivity index (χ0n) is 27.7. The predicted molar refractivity (Wildman–Crippen MR) is 198 cm³/mol. The molecule has 0 atom stereocenters. The number of nitrogens with one attached hydrogen (secondary N) is 1. The van der Waals surface area contributed by atoms with Crippen LogP contribution in [0.1, 0.15) is 20.7 Å². The third-order valence-corrected chi connectivity index (χ3v) is 10.7. The molecular formula is C36H39Cl2N5O6S. The number of anilines is 3. The van der Waals surface area contributed by atoms with Crippen molar-refractivity contribution in [2.75, 3.05) is 81.1 Å². The first kappa shape index (κ1) is 36.6. The zero-order chi connectivity index (χ0) is 34.5. The molecular weight excluding hydrogens is 701 g/mol. The first-order valence-electron chi connectivity index (χ1n) is 16.0. The highest BCUT2D eigenvalue weighted by molar-refractivity contribution is 7.92. The number of ether oxygens (including phenoxy) is 2. The molecule has 2 aliphatic heterocycles. The Morgan fingerprint density at radius 3 is 1.68 bits per heavy atom. The summed E-state index contributed by atoms with van der Waals surface area (Å²) in [6.45, 7) is 4.14. The maximum absolute atomic E-state index is 13.8. The fourth-order valence-electron chi connectivity index (χ4n) is 6.24. The molecule has 2 aliphatic rings. The molecule has 0 spiro atoms. The number of methoxy groups -OCH3 is 2. The van der Waals surface area contributed by atoms with E-state index in [1.165, 1.54) is 18.2 Å². The predicted octanol–water partition coefficient (Wildman–Crippen LogP) is 5.50. The fraction of sp³-hybridized carbons (Fsp3) is 0.278. The molecule has 0 aliphatic carbocycles. The van der Waals surface area contributed by atoms with Gasteiger partial charge in [-0.3, -0.25) is 14.3 Å². The van der Waals surface area contributed by atoms with Gasteiger partial charge in [-0.25, -0.2) is 8.42 Å². The number of halogens is 2. The van der Waals surface area contributed by atoms with Crippen LogP contribution in [0.3, 0.4) is 0 Å². The van der Waals surface area contributed by atoms with Gasteiger partial charge in [-0.15, -0.1) is 12.4 Å². The number of piperazine rings is 2. The van der Waals surface area contributed by atoms with Gasteiger partial charge in [0.05, 0.1) is 41.9 Å². The number of sulfonamides is 1. The van der Waals surface area contributed by atoms with Crippen LogP contribution in [-0.4, -0.2) is 96.6 Å². The molecule has 0 bridgehead atoms. The molecule has 50 heavy (non-hydrogen) atoms. The SMILES string of the molecule is COc1ccccc1N1CCN(C(=O)c2ccc(Cl)c(S(=O)(=O)Nc3ccccc3C(=O)N3CCN(c4ccccc4OC)CC3)c2)CC1.Cl. The summed E-state index contributed by atoms with van der Waals surface area (Å²) in [7, 11) is -1.03. The molecule has 14 heteroatoms. The number of rotatable bonds is 9. The summed E-state index contributed by atoms with van der Waals surface area (Å²) in [4.78, 5) is 34.7. The smallest absolute Gasteiger partial charge is 0.263 e. The normalized spacial score (nSPS) is 14.9. The van der Waals surface area contributed by atoms with Gasteiger partial charge < -0.3 is 29.1 Å². The van der Waals surface area contributed by atoms with Crippen molar-refractivity contribution >= 4 is 62.9 Å². The summed E-state index contributed by atoms with van der Waals surface area (Å²) in [5.41, 5.74) is 2.45. The molecule has 2 amide bonds. The van der Waals surface area contributed by atoms with E-state index in [9.17, 15) is 18.0 Å². The van der Waals surface area contributed by atoms with Crippen LogP contribution in [0.25, 0.3) is 0 Å². The van der Waals surface area contributed by atoms with Crippen molar-refractivity contribution in [2.24, 2.45) is 0 Å². The van der Waals surface area contributed by atoms with E-state index in [2.05, 4.69) is 14.5 Å². The lowest BCUT2D eigenvalue weighted by molar-refractivity contribution is 0.0739. The molecule has 0 radical (unpaired) electrons. The Bertz CT molecular complexity index is 1950. The number of nitrogens with zero attached hydrogens (tertiary/aromatic N) is 4. The van der Waals surface area contributed by atoms with E-state index >= 15 is 0 Å². The highest BCUT2D eigenvalue weighted by atomic mass is 35.5. The van der Waals surface area contributed by atoms with Gasteiger partial charge >= 0.3 is 0 Å². The summed E-state index contributed by atoms with van der Waals surface area (Å²) in [5, 5.41) is -0.0405. The summed E-state index contributed by atoms with van der Waals surface area (Å²) in [5.74, 6) is 0.936. The van der Waals surface area contributed by atoms with Gasteiger partial charge in [-0.05, 0) is 54.6 Å². The average Bonchev–Trinajstić information content (AvgIpc) is 3.14. The molecule has 2 fully saturated rings. The fourth-order valence-corrected chi connectivity index (χ4v) is 7.84. The number of para-hydroxylation sites is 5. The molecule has 4 aromatic rings. The van der Waals surface area contributed by atoms with Crippen LogP contribution >= 0.6 is 24.0 Å². The molecule has 0 saturated carbocycles. The van der Waals surface area contributed by atoms with Crippen LogP contribution in [0.4, 0.5) is 17.1 Å². The van der Waals surface area contributed by atoms with Crippen molar-refractivity contribution in [2.45, 2.75) is 4.90 Å². The van der Waals surface area contributed by atoms with Crippen molar-refractivity contribution in [1.82, 2.24) is 9.80 Å². The van der Waals surface area contributed by atoms with Crippen LogP contribution in [0, 0.1) is 0 Å². The van der Waals surface area contributed by atoms with Gasteiger partial charge in [0.25, 0.3) is 21.8 Å². The molecule has 6 rings (SSSR count). The van der Waals surface area contributed by atoms with Crippen molar-refractivity contribution in [1.29, 1.82) is 0 Å². The largest absolute Gasteiger partial charge is 0.495 e. The Morgan fingerprint density at radius 2 is 1.14 bits per heavy atom. The quantitative estimate of drug-likeness (QED) is 0.240. The minimum Gasteiger partial charge on any atom is -0.495 e. The molecule has 4 aromatic carbocycles. The van der Waals surface area contributed by atoms with Gasteiger partial charge in [0.1, 0.15) is 16.4 Å². The maximum atomic E-state index is 13.8. The first-order valence-corrected chi connectivity index (χ1v) is 17.8. The van der Waals surface area contributed by atoms with E-state index in [-0.39, 0.29) is 51.0 Å². The van der Waals surface area contributed by atoms with E-state index in [1.54, 1.807) is 48.3 Å². The van der Waals surface area contributed by atoms with Crippen molar-refractivity contribution in [3.05, 3.63) is 107 Å². The monoisotopic (exact) mass is 739 g/mol. The van der Waals surface area contributed by atoms with Crippen molar-refractivity contribution < 1.29 is 27.5 Å². The first-order chi connectivity index (χ1) is 23.7. The van der Waals surface area contributed by atoms with Crippen LogP contribution in [0.2, 0.25) is 5.02 Å². The number of hydrogen-bond acceptors (Lipinski definition) is 8. The maximum Gasteiger partial charge on any atom is 0.263 e. The molecule has 2 saturated heterocycles. The second-order valence-electron chi connectivity index (χ2n) is 11.7. The minimum atomic E-state index is -4.29.